The van der Waals surface area contributed by atoms with Crippen molar-refractivity contribution in [2.45, 2.75) is 30.6 Å². The molecule has 0 atom stereocenters. The first kappa shape index (κ1) is 25.2. The lowest BCUT2D eigenvalue weighted by atomic mass is 10.1. The molecule has 3 rings (SSSR count). The van der Waals surface area contributed by atoms with Crippen molar-refractivity contribution in [2.75, 3.05) is 38.3 Å². The van der Waals surface area contributed by atoms with Crippen LogP contribution in [0.5, 0.6) is 5.75 Å². The fourth-order valence-electron chi connectivity index (χ4n) is 3.61. The number of ether oxygens (including phenoxy) is 1. The second-order valence-corrected chi connectivity index (χ2v) is 11.6. The summed E-state index contributed by atoms with van der Waals surface area (Å²) in [5, 5.41) is 2.74. The van der Waals surface area contributed by atoms with Gasteiger partial charge in [-0.2, -0.15) is 4.31 Å². The van der Waals surface area contributed by atoms with Crippen LogP contribution in [0.1, 0.15) is 35.2 Å². The summed E-state index contributed by atoms with van der Waals surface area (Å²) in [5.41, 5.74) is 1.62. The van der Waals surface area contributed by atoms with Crippen LogP contribution >= 0.6 is 0 Å². The second-order valence-electron chi connectivity index (χ2n) is 7.90. The minimum Gasteiger partial charge on any atom is -0.495 e. The van der Waals surface area contributed by atoms with E-state index in [0.717, 1.165) is 31.1 Å². The van der Waals surface area contributed by atoms with Crippen molar-refractivity contribution in [1.82, 2.24) is 9.03 Å². The van der Waals surface area contributed by atoms with Crippen LogP contribution in [-0.4, -0.2) is 60.0 Å². The van der Waals surface area contributed by atoms with Gasteiger partial charge in [0, 0.05) is 30.9 Å². The molecule has 1 aliphatic heterocycles. The third-order valence-electron chi connectivity index (χ3n) is 5.35. The number of methoxy groups -OCH3 is 1. The summed E-state index contributed by atoms with van der Waals surface area (Å²) in [6.07, 6.45) is 4.23. The predicted molar refractivity (Wildman–Crippen MR) is 127 cm³/mol. The summed E-state index contributed by atoms with van der Waals surface area (Å²) >= 11 is 0. The lowest BCUT2D eigenvalue weighted by Crippen LogP contribution is -2.35. The summed E-state index contributed by atoms with van der Waals surface area (Å²) in [7, 11) is -5.58. The minimum absolute atomic E-state index is 0.0263. The van der Waals surface area contributed by atoms with E-state index in [4.69, 9.17) is 4.74 Å². The first-order valence-corrected chi connectivity index (χ1v) is 14.0. The molecule has 1 amide bonds. The molecule has 1 aliphatic rings. The number of hydrogen-bond donors (Lipinski definition) is 2. The van der Waals surface area contributed by atoms with Gasteiger partial charge in [-0.3, -0.25) is 4.79 Å². The zero-order chi connectivity index (χ0) is 24.1. The van der Waals surface area contributed by atoms with Gasteiger partial charge >= 0.3 is 0 Å². The van der Waals surface area contributed by atoms with Crippen LogP contribution in [0.15, 0.2) is 47.4 Å². The highest BCUT2D eigenvalue weighted by Gasteiger charge is 2.29. The topological polar surface area (TPSA) is 122 Å². The van der Waals surface area contributed by atoms with E-state index < -0.39 is 20.0 Å². The molecule has 180 valence electrons. The van der Waals surface area contributed by atoms with Crippen LogP contribution in [0.4, 0.5) is 5.69 Å². The van der Waals surface area contributed by atoms with E-state index in [1.54, 1.807) is 30.3 Å². The number of nitrogens with zero attached hydrogens (tertiary/aromatic N) is 1. The second kappa shape index (κ2) is 10.6. The molecule has 0 aromatic heterocycles. The molecule has 0 unspecified atom stereocenters. The molecule has 9 nitrogen and oxygen atoms in total. The van der Waals surface area contributed by atoms with Gasteiger partial charge in [0.05, 0.1) is 13.4 Å². The molecular formula is C22H29N3O6S2. The number of carbonyl (C=O) groups is 1. The lowest BCUT2D eigenvalue weighted by molar-refractivity contribution is 0.102. The summed E-state index contributed by atoms with van der Waals surface area (Å²) < 4.78 is 57.7. The van der Waals surface area contributed by atoms with Crippen molar-refractivity contribution in [1.29, 1.82) is 0 Å². The van der Waals surface area contributed by atoms with Gasteiger partial charge in [-0.1, -0.05) is 18.6 Å². The Hall–Kier alpha value is -2.47. The van der Waals surface area contributed by atoms with E-state index >= 15 is 0 Å². The van der Waals surface area contributed by atoms with E-state index in [0.29, 0.717) is 30.8 Å². The number of benzene rings is 2. The first-order valence-electron chi connectivity index (χ1n) is 10.6. The maximum Gasteiger partial charge on any atom is 0.255 e. The molecular weight excluding hydrogens is 466 g/mol. The molecule has 11 heteroatoms. The zero-order valence-electron chi connectivity index (χ0n) is 18.7. The Bertz CT molecular complexity index is 1190. The Morgan fingerprint density at radius 3 is 2.27 bits per heavy atom. The van der Waals surface area contributed by atoms with Gasteiger partial charge in [0.25, 0.3) is 5.91 Å². The molecule has 2 aromatic carbocycles. The first-order chi connectivity index (χ1) is 15.6. The highest BCUT2D eigenvalue weighted by atomic mass is 32.2. The maximum absolute atomic E-state index is 13.2. The largest absolute Gasteiger partial charge is 0.495 e. The molecule has 1 saturated heterocycles. The van der Waals surface area contributed by atoms with Crippen LogP contribution < -0.4 is 14.8 Å². The summed E-state index contributed by atoms with van der Waals surface area (Å²) in [5.74, 6) is -0.159. The van der Waals surface area contributed by atoms with E-state index in [2.05, 4.69) is 10.0 Å². The van der Waals surface area contributed by atoms with Crippen LogP contribution in [0.25, 0.3) is 0 Å². The van der Waals surface area contributed by atoms with Gasteiger partial charge in [0.2, 0.25) is 20.0 Å². The number of sulfonamides is 2. The van der Waals surface area contributed by atoms with Crippen molar-refractivity contribution >= 4 is 31.6 Å². The highest BCUT2D eigenvalue weighted by Crippen LogP contribution is 2.31. The number of carbonyl (C=O) groups excluding carboxylic acids is 1. The van der Waals surface area contributed by atoms with E-state index in [1.807, 2.05) is 0 Å². The fourth-order valence-corrected chi connectivity index (χ4v) is 5.78. The molecule has 0 bridgehead atoms. The Kier molecular flexibility index (Phi) is 8.11. The van der Waals surface area contributed by atoms with E-state index in [-0.39, 0.29) is 23.1 Å². The standard InChI is InChI=1S/C22H29N3O6S2/c1-31-20-11-10-19(16-21(20)33(29,30)25-14-4-3-5-15-25)24-22(26)18-8-6-17(7-9-18)12-13-23-32(2,27)28/h6-11,16,23H,3-5,12-15H2,1-2H3,(H,24,26). The molecule has 1 heterocycles. The van der Waals surface area contributed by atoms with E-state index in [9.17, 15) is 21.6 Å². The van der Waals surface area contributed by atoms with Gasteiger partial charge in [0.15, 0.2) is 0 Å². The third-order valence-corrected chi connectivity index (χ3v) is 8.00. The van der Waals surface area contributed by atoms with Crippen LogP contribution in [0, 0.1) is 0 Å². The average molecular weight is 496 g/mol. The molecule has 2 aromatic rings. The van der Waals surface area contributed by atoms with E-state index in [1.165, 1.54) is 23.5 Å². The van der Waals surface area contributed by atoms with Gasteiger partial charge in [0.1, 0.15) is 10.6 Å². The fraction of sp³-hybridized carbons (Fsp3) is 0.409. The number of nitrogens with one attached hydrogen (secondary N) is 2. The van der Waals surface area contributed by atoms with Crippen molar-refractivity contribution in [3.63, 3.8) is 0 Å². The van der Waals surface area contributed by atoms with Gasteiger partial charge < -0.3 is 10.1 Å². The molecule has 0 radical (unpaired) electrons. The Balaban J connectivity index is 1.72. The Morgan fingerprint density at radius 2 is 1.67 bits per heavy atom. The third kappa shape index (κ3) is 6.76. The van der Waals surface area contributed by atoms with Crippen molar-refractivity contribution < 1.29 is 26.4 Å². The SMILES string of the molecule is COc1ccc(NC(=O)c2ccc(CCNS(C)(=O)=O)cc2)cc1S(=O)(=O)N1CCCCC1. The number of piperidine rings is 1. The Morgan fingerprint density at radius 1 is 1.00 bits per heavy atom. The minimum atomic E-state index is -3.74. The molecule has 1 fully saturated rings. The monoisotopic (exact) mass is 495 g/mol. The summed E-state index contributed by atoms with van der Waals surface area (Å²) in [6, 6.07) is 11.3. The van der Waals surface area contributed by atoms with Crippen LogP contribution in [-0.2, 0) is 26.5 Å². The smallest absolute Gasteiger partial charge is 0.255 e. The maximum atomic E-state index is 13.2. The van der Waals surface area contributed by atoms with Gasteiger partial charge in [-0.05, 0) is 55.2 Å². The number of anilines is 1. The molecule has 2 N–H and O–H groups in total. The molecule has 0 saturated carbocycles. The predicted octanol–water partition coefficient (Wildman–Crippen LogP) is 2.21. The normalized spacial score (nSPS) is 15.2. The molecule has 0 spiro atoms. The van der Waals surface area contributed by atoms with Gasteiger partial charge in [-0.25, -0.2) is 21.6 Å². The molecule has 0 aliphatic carbocycles. The number of amides is 1. The number of hydrogen-bond acceptors (Lipinski definition) is 6. The van der Waals surface area contributed by atoms with Crippen LogP contribution in [0.3, 0.4) is 0 Å². The van der Waals surface area contributed by atoms with Crippen molar-refractivity contribution in [3.8, 4) is 5.75 Å². The zero-order valence-corrected chi connectivity index (χ0v) is 20.3. The summed E-state index contributed by atoms with van der Waals surface area (Å²) in [6.45, 7) is 1.20. The molecule has 33 heavy (non-hydrogen) atoms. The van der Waals surface area contributed by atoms with Gasteiger partial charge in [-0.15, -0.1) is 0 Å². The highest BCUT2D eigenvalue weighted by molar-refractivity contribution is 7.89. The van der Waals surface area contributed by atoms with Crippen molar-refractivity contribution in [3.05, 3.63) is 53.6 Å². The Labute approximate surface area is 195 Å². The lowest BCUT2D eigenvalue weighted by Gasteiger charge is -2.26. The van der Waals surface area contributed by atoms with Crippen LogP contribution in [0.2, 0.25) is 0 Å². The van der Waals surface area contributed by atoms with Crippen molar-refractivity contribution in [2.24, 2.45) is 0 Å². The quantitative estimate of drug-likeness (QED) is 0.550. The number of rotatable bonds is 9. The average Bonchev–Trinajstić information content (AvgIpc) is 2.79. The summed E-state index contributed by atoms with van der Waals surface area (Å²) in [4.78, 5) is 12.7.